The Morgan fingerprint density at radius 1 is 1.12 bits per heavy atom. The standard InChI is InChI=1S/C16H24N4O4/c1-6-20-10(3)12(14(11(20)4)15(22)24-7-2)8-9-13(21)18-19-16(23)17-5/h8-9H,6-7H2,1-5H3,(H,18,21)(H2,17,19,23). The van der Waals surface area contributed by atoms with Gasteiger partial charge in [0, 0.05) is 36.6 Å². The van der Waals surface area contributed by atoms with E-state index in [1.807, 2.05) is 25.3 Å². The number of nitrogens with zero attached hydrogens (tertiary/aromatic N) is 1. The van der Waals surface area contributed by atoms with Crippen molar-refractivity contribution in [2.45, 2.75) is 34.2 Å². The number of carbonyl (C=O) groups excluding carboxylic acids is 3. The average molecular weight is 336 g/mol. The highest BCUT2D eigenvalue weighted by Gasteiger charge is 2.22. The third kappa shape index (κ3) is 4.37. The SMILES string of the molecule is CCOC(=O)c1c(C=CC(=O)NNC(=O)NC)c(C)n(CC)c1C. The Bertz CT molecular complexity index is 662. The monoisotopic (exact) mass is 336 g/mol. The van der Waals surface area contributed by atoms with Gasteiger partial charge in [-0.2, -0.15) is 0 Å². The van der Waals surface area contributed by atoms with Gasteiger partial charge in [-0.3, -0.25) is 10.2 Å². The lowest BCUT2D eigenvalue weighted by molar-refractivity contribution is -0.117. The van der Waals surface area contributed by atoms with Crippen LogP contribution in [-0.2, 0) is 16.1 Å². The zero-order valence-electron chi connectivity index (χ0n) is 14.6. The Morgan fingerprint density at radius 2 is 1.79 bits per heavy atom. The number of urea groups is 1. The summed E-state index contributed by atoms with van der Waals surface area (Å²) in [6.45, 7) is 8.40. The number of aromatic nitrogens is 1. The second-order valence-corrected chi connectivity index (χ2v) is 4.95. The maximum absolute atomic E-state index is 12.2. The largest absolute Gasteiger partial charge is 0.462 e. The zero-order valence-corrected chi connectivity index (χ0v) is 14.6. The van der Waals surface area contributed by atoms with Crippen LogP contribution in [-0.4, -0.2) is 36.1 Å². The van der Waals surface area contributed by atoms with Gasteiger partial charge in [0.1, 0.15) is 0 Å². The first kappa shape index (κ1) is 19.3. The van der Waals surface area contributed by atoms with Crippen molar-refractivity contribution in [3.63, 3.8) is 0 Å². The van der Waals surface area contributed by atoms with Crippen LogP contribution in [0.5, 0.6) is 0 Å². The van der Waals surface area contributed by atoms with Crippen molar-refractivity contribution in [1.82, 2.24) is 20.7 Å². The minimum absolute atomic E-state index is 0.272. The molecule has 0 aliphatic carbocycles. The molecule has 0 bridgehead atoms. The van der Waals surface area contributed by atoms with E-state index < -0.39 is 17.9 Å². The summed E-state index contributed by atoms with van der Waals surface area (Å²) in [5.74, 6) is -0.941. The highest BCUT2D eigenvalue weighted by atomic mass is 16.5. The van der Waals surface area contributed by atoms with Crippen LogP contribution in [0.2, 0.25) is 0 Å². The van der Waals surface area contributed by atoms with E-state index in [4.69, 9.17) is 4.74 Å². The molecule has 1 aromatic rings. The Hall–Kier alpha value is -2.77. The van der Waals surface area contributed by atoms with E-state index in [9.17, 15) is 14.4 Å². The number of rotatable bonds is 5. The first-order valence-electron chi connectivity index (χ1n) is 7.69. The molecule has 1 rings (SSSR count). The smallest absolute Gasteiger partial charge is 0.340 e. The summed E-state index contributed by atoms with van der Waals surface area (Å²) in [6, 6.07) is -0.534. The summed E-state index contributed by atoms with van der Waals surface area (Å²) in [6.07, 6.45) is 2.79. The van der Waals surface area contributed by atoms with Gasteiger partial charge < -0.3 is 14.6 Å². The molecule has 0 saturated heterocycles. The minimum Gasteiger partial charge on any atom is -0.462 e. The van der Waals surface area contributed by atoms with E-state index in [2.05, 4.69) is 16.2 Å². The highest BCUT2D eigenvalue weighted by Crippen LogP contribution is 2.24. The van der Waals surface area contributed by atoms with Gasteiger partial charge in [-0.25, -0.2) is 15.0 Å². The van der Waals surface area contributed by atoms with Gasteiger partial charge in [0.05, 0.1) is 12.2 Å². The van der Waals surface area contributed by atoms with Crippen LogP contribution >= 0.6 is 0 Å². The van der Waals surface area contributed by atoms with E-state index in [0.29, 0.717) is 17.7 Å². The number of esters is 1. The summed E-state index contributed by atoms with van der Waals surface area (Å²) in [4.78, 5) is 35.0. The molecule has 0 saturated carbocycles. The number of amides is 3. The van der Waals surface area contributed by atoms with Gasteiger partial charge in [-0.1, -0.05) is 0 Å². The van der Waals surface area contributed by atoms with Crippen molar-refractivity contribution >= 4 is 24.0 Å². The summed E-state index contributed by atoms with van der Waals surface area (Å²) in [7, 11) is 1.43. The van der Waals surface area contributed by atoms with E-state index in [1.165, 1.54) is 13.1 Å². The molecule has 0 fully saturated rings. The van der Waals surface area contributed by atoms with Crippen molar-refractivity contribution in [2.75, 3.05) is 13.7 Å². The Balaban J connectivity index is 3.09. The minimum atomic E-state index is -0.534. The maximum Gasteiger partial charge on any atom is 0.340 e. The first-order chi connectivity index (χ1) is 11.4. The molecular weight excluding hydrogens is 312 g/mol. The fourth-order valence-corrected chi connectivity index (χ4v) is 2.43. The second-order valence-electron chi connectivity index (χ2n) is 4.95. The zero-order chi connectivity index (χ0) is 18.3. The molecular formula is C16H24N4O4. The molecule has 0 aliphatic rings. The summed E-state index contributed by atoms with van der Waals surface area (Å²) in [5, 5.41) is 2.31. The molecule has 0 unspecified atom stereocenters. The van der Waals surface area contributed by atoms with Gasteiger partial charge >= 0.3 is 12.0 Å². The van der Waals surface area contributed by atoms with Gasteiger partial charge in [0.25, 0.3) is 5.91 Å². The average Bonchev–Trinajstić information content (AvgIpc) is 2.80. The first-order valence-corrected chi connectivity index (χ1v) is 7.69. The molecule has 0 aliphatic heterocycles. The molecule has 0 radical (unpaired) electrons. The highest BCUT2D eigenvalue weighted by molar-refractivity contribution is 5.99. The van der Waals surface area contributed by atoms with Crippen LogP contribution in [0, 0.1) is 13.8 Å². The molecule has 0 spiro atoms. The molecule has 8 heteroatoms. The molecule has 8 nitrogen and oxygen atoms in total. The number of ether oxygens (including phenoxy) is 1. The van der Waals surface area contributed by atoms with Crippen LogP contribution in [0.4, 0.5) is 4.79 Å². The van der Waals surface area contributed by atoms with E-state index in [1.54, 1.807) is 13.0 Å². The lowest BCUT2D eigenvalue weighted by Gasteiger charge is -2.05. The molecule has 3 N–H and O–H groups in total. The molecule has 24 heavy (non-hydrogen) atoms. The maximum atomic E-state index is 12.2. The number of nitrogens with one attached hydrogen (secondary N) is 3. The van der Waals surface area contributed by atoms with Gasteiger partial charge in [-0.05, 0) is 33.8 Å². The summed E-state index contributed by atoms with van der Waals surface area (Å²) < 4.78 is 7.09. The van der Waals surface area contributed by atoms with Crippen LogP contribution in [0.25, 0.3) is 6.08 Å². The topological polar surface area (TPSA) is 101 Å². The summed E-state index contributed by atoms with van der Waals surface area (Å²) >= 11 is 0. The quantitative estimate of drug-likeness (QED) is 0.428. The lowest BCUT2D eigenvalue weighted by Crippen LogP contribution is -2.45. The number of carbonyl (C=O) groups is 3. The molecule has 132 valence electrons. The Kier molecular flexibility index (Phi) is 7.03. The Labute approximate surface area is 141 Å². The van der Waals surface area contributed by atoms with E-state index >= 15 is 0 Å². The predicted molar refractivity (Wildman–Crippen MR) is 90.3 cm³/mol. The second kappa shape index (κ2) is 8.76. The molecule has 0 aromatic carbocycles. The fraction of sp³-hybridized carbons (Fsp3) is 0.438. The van der Waals surface area contributed by atoms with Crippen molar-refractivity contribution in [3.8, 4) is 0 Å². The fourth-order valence-electron chi connectivity index (χ4n) is 2.43. The number of hydrogen-bond acceptors (Lipinski definition) is 4. The van der Waals surface area contributed by atoms with Gasteiger partial charge in [-0.15, -0.1) is 0 Å². The van der Waals surface area contributed by atoms with Crippen molar-refractivity contribution in [3.05, 3.63) is 28.6 Å². The van der Waals surface area contributed by atoms with E-state index in [-0.39, 0.29) is 6.61 Å². The van der Waals surface area contributed by atoms with Gasteiger partial charge in [0.2, 0.25) is 0 Å². The molecule has 3 amide bonds. The van der Waals surface area contributed by atoms with Gasteiger partial charge in [0.15, 0.2) is 0 Å². The Morgan fingerprint density at radius 3 is 2.33 bits per heavy atom. The van der Waals surface area contributed by atoms with Crippen LogP contribution in [0.1, 0.15) is 41.2 Å². The third-order valence-electron chi connectivity index (χ3n) is 3.55. The molecule has 1 aromatic heterocycles. The van der Waals surface area contributed by atoms with Crippen molar-refractivity contribution < 1.29 is 19.1 Å². The molecule has 1 heterocycles. The summed E-state index contributed by atoms with van der Waals surface area (Å²) in [5.41, 5.74) is 7.12. The van der Waals surface area contributed by atoms with E-state index in [0.717, 1.165) is 11.4 Å². The molecule has 0 atom stereocenters. The third-order valence-corrected chi connectivity index (χ3v) is 3.55. The normalized spacial score (nSPS) is 10.5. The van der Waals surface area contributed by atoms with Crippen LogP contribution in [0.15, 0.2) is 6.08 Å². The van der Waals surface area contributed by atoms with Crippen LogP contribution in [0.3, 0.4) is 0 Å². The number of hydrazine groups is 1. The predicted octanol–water partition coefficient (Wildman–Crippen LogP) is 1.27. The lowest BCUT2D eigenvalue weighted by atomic mass is 10.1. The van der Waals surface area contributed by atoms with Crippen molar-refractivity contribution in [1.29, 1.82) is 0 Å². The van der Waals surface area contributed by atoms with Crippen molar-refractivity contribution in [2.24, 2.45) is 0 Å². The number of hydrogen-bond donors (Lipinski definition) is 3. The van der Waals surface area contributed by atoms with Crippen LogP contribution < -0.4 is 16.2 Å².